The van der Waals surface area contributed by atoms with E-state index >= 15 is 0 Å². The molecule has 1 atom stereocenters. The van der Waals surface area contributed by atoms with Crippen molar-refractivity contribution in [2.24, 2.45) is 17.3 Å². The molecule has 1 rings (SSSR count). The van der Waals surface area contributed by atoms with Gasteiger partial charge in [-0.1, -0.05) is 33.6 Å². The summed E-state index contributed by atoms with van der Waals surface area (Å²) in [4.78, 5) is 12.2. The van der Waals surface area contributed by atoms with E-state index in [4.69, 9.17) is 0 Å². The van der Waals surface area contributed by atoms with Crippen molar-refractivity contribution in [3.63, 3.8) is 0 Å². The lowest BCUT2D eigenvalue weighted by atomic mass is 9.82. The summed E-state index contributed by atoms with van der Waals surface area (Å²) in [6.45, 7) is 10.7. The number of rotatable bonds is 6. The van der Waals surface area contributed by atoms with E-state index in [2.05, 4.69) is 26.1 Å². The van der Waals surface area contributed by atoms with Crippen LogP contribution in [0.1, 0.15) is 66.7 Å². The Morgan fingerprint density at radius 1 is 1.29 bits per heavy atom. The highest BCUT2D eigenvalue weighted by atomic mass is 16.1. The monoisotopic (exact) mass is 239 g/mol. The van der Waals surface area contributed by atoms with Crippen LogP contribution in [0, 0.1) is 17.3 Å². The largest absolute Gasteiger partial charge is 0.354 e. The first-order valence-corrected chi connectivity index (χ1v) is 7.08. The van der Waals surface area contributed by atoms with E-state index in [0.29, 0.717) is 0 Å². The predicted octanol–water partition coefficient (Wildman–Crippen LogP) is 3.75. The first-order chi connectivity index (χ1) is 7.78. The van der Waals surface area contributed by atoms with Crippen LogP contribution in [0.5, 0.6) is 0 Å². The van der Waals surface area contributed by atoms with Crippen LogP contribution in [0.3, 0.4) is 0 Å². The van der Waals surface area contributed by atoms with E-state index in [1.54, 1.807) is 0 Å². The third-order valence-electron chi connectivity index (χ3n) is 3.28. The molecular weight excluding hydrogens is 210 g/mol. The molecule has 0 spiro atoms. The Bertz CT molecular complexity index is 248. The molecule has 2 nitrogen and oxygen atoms in total. The summed E-state index contributed by atoms with van der Waals surface area (Å²) in [7, 11) is 0. The van der Waals surface area contributed by atoms with Gasteiger partial charge in [-0.25, -0.2) is 0 Å². The van der Waals surface area contributed by atoms with Crippen LogP contribution in [0.4, 0.5) is 0 Å². The van der Waals surface area contributed by atoms with Crippen molar-refractivity contribution in [1.82, 2.24) is 5.32 Å². The molecule has 0 aromatic heterocycles. The summed E-state index contributed by atoms with van der Waals surface area (Å²) in [6, 6.07) is 0.255. The van der Waals surface area contributed by atoms with Crippen molar-refractivity contribution < 1.29 is 4.79 Å². The molecule has 2 heteroatoms. The number of amides is 1. The van der Waals surface area contributed by atoms with E-state index in [1.807, 2.05) is 13.8 Å². The molecule has 0 bridgehead atoms. The molecule has 1 fully saturated rings. The van der Waals surface area contributed by atoms with Gasteiger partial charge in [0.05, 0.1) is 0 Å². The number of carbonyl (C=O) groups excluding carboxylic acids is 1. The Balaban J connectivity index is 2.46. The van der Waals surface area contributed by atoms with Gasteiger partial charge in [-0.05, 0) is 44.4 Å². The molecule has 100 valence electrons. The summed E-state index contributed by atoms with van der Waals surface area (Å²) in [5.74, 6) is 1.39. The van der Waals surface area contributed by atoms with Crippen molar-refractivity contribution >= 4 is 5.91 Å². The second-order valence-electron chi connectivity index (χ2n) is 7.15. The van der Waals surface area contributed by atoms with Gasteiger partial charge in [-0.3, -0.25) is 4.79 Å². The zero-order valence-electron chi connectivity index (χ0n) is 12.2. The Labute approximate surface area is 107 Å². The second-order valence-corrected chi connectivity index (χ2v) is 7.15. The standard InChI is InChI=1S/C15H29NO/c1-11(2)16-14(17)13(10-15(3,4)5)9-8-12-6-7-12/h11-13H,6-10H2,1-5H3,(H,16,17). The lowest BCUT2D eigenvalue weighted by Gasteiger charge is -2.26. The summed E-state index contributed by atoms with van der Waals surface area (Å²) >= 11 is 0. The fourth-order valence-corrected chi connectivity index (χ4v) is 2.31. The Morgan fingerprint density at radius 3 is 2.29 bits per heavy atom. The van der Waals surface area contributed by atoms with Crippen molar-refractivity contribution in [2.75, 3.05) is 0 Å². The maximum absolute atomic E-state index is 12.2. The first-order valence-electron chi connectivity index (χ1n) is 7.08. The van der Waals surface area contributed by atoms with Crippen molar-refractivity contribution in [3.8, 4) is 0 Å². The number of hydrogen-bond donors (Lipinski definition) is 1. The molecule has 0 aromatic rings. The van der Waals surface area contributed by atoms with Gasteiger partial charge in [0.25, 0.3) is 0 Å². The van der Waals surface area contributed by atoms with E-state index in [9.17, 15) is 4.79 Å². The third kappa shape index (κ3) is 6.70. The molecule has 17 heavy (non-hydrogen) atoms. The molecule has 0 aromatic carbocycles. The van der Waals surface area contributed by atoms with Gasteiger partial charge in [-0.15, -0.1) is 0 Å². The van der Waals surface area contributed by atoms with Gasteiger partial charge in [0.15, 0.2) is 0 Å². The second kappa shape index (κ2) is 5.88. The van der Waals surface area contributed by atoms with Crippen molar-refractivity contribution in [2.45, 2.75) is 72.8 Å². The first kappa shape index (κ1) is 14.5. The van der Waals surface area contributed by atoms with Crippen LogP contribution >= 0.6 is 0 Å². The summed E-state index contributed by atoms with van der Waals surface area (Å²) in [6.07, 6.45) is 6.08. The zero-order valence-corrected chi connectivity index (χ0v) is 12.2. The van der Waals surface area contributed by atoms with Gasteiger partial charge in [0, 0.05) is 12.0 Å². The highest BCUT2D eigenvalue weighted by Gasteiger charge is 2.28. The maximum Gasteiger partial charge on any atom is 0.223 e. The minimum Gasteiger partial charge on any atom is -0.354 e. The number of nitrogens with one attached hydrogen (secondary N) is 1. The molecule has 1 aliphatic rings. The minimum absolute atomic E-state index is 0.206. The summed E-state index contributed by atoms with van der Waals surface area (Å²) in [5.41, 5.74) is 0.239. The molecule has 0 saturated heterocycles. The number of carbonyl (C=O) groups is 1. The van der Waals surface area contributed by atoms with E-state index < -0.39 is 0 Å². The average molecular weight is 239 g/mol. The van der Waals surface area contributed by atoms with Crippen LogP contribution in [0.15, 0.2) is 0 Å². The zero-order chi connectivity index (χ0) is 13.1. The van der Waals surface area contributed by atoms with E-state index in [0.717, 1.165) is 18.8 Å². The molecule has 1 amide bonds. The molecule has 1 saturated carbocycles. The Kier molecular flexibility index (Phi) is 5.03. The van der Waals surface area contributed by atoms with Gasteiger partial charge in [-0.2, -0.15) is 0 Å². The molecule has 1 aliphatic carbocycles. The van der Waals surface area contributed by atoms with Crippen LogP contribution in [0.2, 0.25) is 0 Å². The van der Waals surface area contributed by atoms with E-state index in [1.165, 1.54) is 19.3 Å². The van der Waals surface area contributed by atoms with Gasteiger partial charge >= 0.3 is 0 Å². The van der Waals surface area contributed by atoms with Gasteiger partial charge in [0.2, 0.25) is 5.91 Å². The molecule has 0 radical (unpaired) electrons. The van der Waals surface area contributed by atoms with Crippen molar-refractivity contribution in [3.05, 3.63) is 0 Å². The predicted molar refractivity (Wildman–Crippen MR) is 72.8 cm³/mol. The van der Waals surface area contributed by atoms with Gasteiger partial charge in [0.1, 0.15) is 0 Å². The lowest BCUT2D eigenvalue weighted by molar-refractivity contribution is -0.126. The van der Waals surface area contributed by atoms with E-state index in [-0.39, 0.29) is 23.3 Å². The highest BCUT2D eigenvalue weighted by Crippen LogP contribution is 2.36. The SMILES string of the molecule is CC(C)NC(=O)C(CCC1CC1)CC(C)(C)C. The summed E-state index contributed by atoms with van der Waals surface area (Å²) in [5, 5.41) is 3.07. The smallest absolute Gasteiger partial charge is 0.223 e. The molecule has 1 N–H and O–H groups in total. The Hall–Kier alpha value is -0.530. The van der Waals surface area contributed by atoms with Crippen LogP contribution < -0.4 is 5.32 Å². The lowest BCUT2D eigenvalue weighted by Crippen LogP contribution is -2.37. The summed E-state index contributed by atoms with van der Waals surface area (Å²) < 4.78 is 0. The maximum atomic E-state index is 12.2. The third-order valence-corrected chi connectivity index (χ3v) is 3.28. The molecule has 0 heterocycles. The molecule has 0 aliphatic heterocycles. The average Bonchev–Trinajstić information content (AvgIpc) is 2.92. The highest BCUT2D eigenvalue weighted by molar-refractivity contribution is 5.78. The Morgan fingerprint density at radius 2 is 1.88 bits per heavy atom. The van der Waals surface area contributed by atoms with Gasteiger partial charge < -0.3 is 5.32 Å². The van der Waals surface area contributed by atoms with Crippen molar-refractivity contribution in [1.29, 1.82) is 0 Å². The van der Waals surface area contributed by atoms with Crippen LogP contribution in [-0.4, -0.2) is 11.9 Å². The molecular formula is C15H29NO. The minimum atomic E-state index is 0.206. The molecule has 1 unspecified atom stereocenters. The topological polar surface area (TPSA) is 29.1 Å². The van der Waals surface area contributed by atoms with Crippen LogP contribution in [-0.2, 0) is 4.79 Å². The fourth-order valence-electron chi connectivity index (χ4n) is 2.31. The fraction of sp³-hybridized carbons (Fsp3) is 0.933. The number of hydrogen-bond acceptors (Lipinski definition) is 1. The van der Waals surface area contributed by atoms with Crippen LogP contribution in [0.25, 0.3) is 0 Å². The quantitative estimate of drug-likeness (QED) is 0.751. The normalized spacial score (nSPS) is 18.2.